The van der Waals surface area contributed by atoms with Crippen LogP contribution in [0.2, 0.25) is 0 Å². The Morgan fingerprint density at radius 2 is 1.95 bits per heavy atom. The molecule has 20 heavy (non-hydrogen) atoms. The molecule has 0 saturated carbocycles. The van der Waals surface area contributed by atoms with Crippen LogP contribution in [-0.2, 0) is 16.6 Å². The van der Waals surface area contributed by atoms with Crippen molar-refractivity contribution >= 4 is 16.0 Å². The van der Waals surface area contributed by atoms with Crippen molar-refractivity contribution in [2.24, 2.45) is 5.73 Å². The Balaban J connectivity index is 2.44. The lowest BCUT2D eigenvalue weighted by Crippen LogP contribution is -2.17. The Bertz CT molecular complexity index is 716. The third-order valence-corrected chi connectivity index (χ3v) is 4.32. The molecule has 8 heteroatoms. The van der Waals surface area contributed by atoms with Gasteiger partial charge in [0, 0.05) is 6.54 Å². The van der Waals surface area contributed by atoms with E-state index >= 15 is 0 Å². The van der Waals surface area contributed by atoms with Crippen molar-refractivity contribution in [3.8, 4) is 0 Å². The number of nitrogens with zero attached hydrogens (tertiary/aromatic N) is 3. The number of benzene rings is 1. The fraction of sp³-hybridized carbons (Fsp3) is 0.250. The summed E-state index contributed by atoms with van der Waals surface area (Å²) >= 11 is 0. The maximum atomic E-state index is 12.3. The van der Waals surface area contributed by atoms with E-state index < -0.39 is 10.0 Å². The molecule has 3 N–H and O–H groups in total. The SMILES string of the molecule is Cc1cc(C)c(S(=O)(=O)Nc2nccnn2)cc1CN. The molecule has 0 fully saturated rings. The van der Waals surface area contributed by atoms with Gasteiger partial charge in [-0.25, -0.2) is 18.1 Å². The van der Waals surface area contributed by atoms with Crippen LogP contribution in [0.15, 0.2) is 29.4 Å². The van der Waals surface area contributed by atoms with Crippen LogP contribution in [0.4, 0.5) is 5.95 Å². The van der Waals surface area contributed by atoms with Gasteiger partial charge < -0.3 is 5.73 Å². The second kappa shape index (κ2) is 5.51. The first kappa shape index (κ1) is 14.4. The predicted molar refractivity (Wildman–Crippen MR) is 74.4 cm³/mol. The van der Waals surface area contributed by atoms with Crippen molar-refractivity contribution in [1.29, 1.82) is 0 Å². The van der Waals surface area contributed by atoms with E-state index in [-0.39, 0.29) is 17.4 Å². The Labute approximate surface area is 117 Å². The number of nitrogens with one attached hydrogen (secondary N) is 1. The molecule has 0 aliphatic heterocycles. The molecule has 1 aromatic carbocycles. The molecule has 0 bridgehead atoms. The third-order valence-electron chi connectivity index (χ3n) is 2.85. The van der Waals surface area contributed by atoms with Crippen LogP contribution in [0.25, 0.3) is 0 Å². The van der Waals surface area contributed by atoms with Crippen LogP contribution < -0.4 is 10.5 Å². The van der Waals surface area contributed by atoms with Gasteiger partial charge in [0.1, 0.15) is 0 Å². The highest BCUT2D eigenvalue weighted by molar-refractivity contribution is 7.92. The summed E-state index contributed by atoms with van der Waals surface area (Å²) in [5.74, 6) is -0.0678. The number of aryl methyl sites for hydroxylation is 2. The van der Waals surface area contributed by atoms with Crippen molar-refractivity contribution in [3.63, 3.8) is 0 Å². The van der Waals surface area contributed by atoms with E-state index in [9.17, 15) is 8.42 Å². The zero-order valence-electron chi connectivity index (χ0n) is 11.2. The van der Waals surface area contributed by atoms with Crippen molar-refractivity contribution in [3.05, 3.63) is 41.2 Å². The normalized spacial score (nSPS) is 11.3. The predicted octanol–water partition coefficient (Wildman–Crippen LogP) is 0.748. The van der Waals surface area contributed by atoms with Gasteiger partial charge in [-0.1, -0.05) is 6.07 Å². The van der Waals surface area contributed by atoms with Crippen LogP contribution in [-0.4, -0.2) is 23.6 Å². The second-order valence-electron chi connectivity index (χ2n) is 4.32. The van der Waals surface area contributed by atoms with Gasteiger partial charge in [0.05, 0.1) is 17.3 Å². The van der Waals surface area contributed by atoms with Crippen molar-refractivity contribution in [2.75, 3.05) is 4.72 Å². The molecule has 1 aromatic heterocycles. The highest BCUT2D eigenvalue weighted by Crippen LogP contribution is 2.21. The number of hydrogen-bond acceptors (Lipinski definition) is 6. The highest BCUT2D eigenvalue weighted by atomic mass is 32.2. The number of sulfonamides is 1. The van der Waals surface area contributed by atoms with Gasteiger partial charge in [-0.05, 0) is 36.6 Å². The van der Waals surface area contributed by atoms with E-state index in [1.165, 1.54) is 12.4 Å². The molecule has 0 unspecified atom stereocenters. The molecule has 0 aliphatic rings. The molecular formula is C12H15N5O2S. The molecule has 0 saturated heterocycles. The molecule has 2 aromatic rings. The summed E-state index contributed by atoms with van der Waals surface area (Å²) in [6.07, 6.45) is 2.72. The Hall–Kier alpha value is -2.06. The number of nitrogens with two attached hydrogens (primary N) is 1. The molecule has 0 radical (unpaired) electrons. The summed E-state index contributed by atoms with van der Waals surface area (Å²) in [7, 11) is -3.76. The summed E-state index contributed by atoms with van der Waals surface area (Å²) in [5.41, 5.74) is 7.99. The standard InChI is InChI=1S/C12H15N5O2S/c1-8-5-9(2)11(6-10(8)7-13)20(18,19)17-12-14-3-4-15-16-12/h3-6H,7,13H2,1-2H3,(H,14,16,17). The molecule has 0 atom stereocenters. The van der Waals surface area contributed by atoms with E-state index in [2.05, 4.69) is 19.9 Å². The molecule has 2 rings (SSSR count). The molecule has 106 valence electrons. The fourth-order valence-electron chi connectivity index (χ4n) is 1.85. The smallest absolute Gasteiger partial charge is 0.264 e. The zero-order valence-corrected chi connectivity index (χ0v) is 12.0. The van der Waals surface area contributed by atoms with Crippen LogP contribution in [0.1, 0.15) is 16.7 Å². The summed E-state index contributed by atoms with van der Waals surface area (Å²) in [6, 6.07) is 3.37. The topological polar surface area (TPSA) is 111 Å². The summed E-state index contributed by atoms with van der Waals surface area (Å²) in [5, 5.41) is 7.18. The minimum Gasteiger partial charge on any atom is -0.326 e. The average Bonchev–Trinajstić information content (AvgIpc) is 2.39. The highest BCUT2D eigenvalue weighted by Gasteiger charge is 2.19. The average molecular weight is 293 g/mol. The molecule has 0 aliphatic carbocycles. The van der Waals surface area contributed by atoms with Gasteiger partial charge in [0.2, 0.25) is 0 Å². The number of hydrogen-bond donors (Lipinski definition) is 2. The second-order valence-corrected chi connectivity index (χ2v) is 5.97. The zero-order chi connectivity index (χ0) is 14.8. The summed E-state index contributed by atoms with van der Waals surface area (Å²) in [4.78, 5) is 3.95. The van der Waals surface area contributed by atoms with E-state index in [4.69, 9.17) is 5.73 Å². The lowest BCUT2D eigenvalue weighted by molar-refractivity contribution is 0.600. The fourth-order valence-corrected chi connectivity index (χ4v) is 3.08. The van der Waals surface area contributed by atoms with Gasteiger partial charge in [-0.15, -0.1) is 5.10 Å². The Morgan fingerprint density at radius 3 is 2.55 bits per heavy atom. The van der Waals surface area contributed by atoms with E-state index in [1.54, 1.807) is 19.1 Å². The van der Waals surface area contributed by atoms with Gasteiger partial charge in [0.25, 0.3) is 16.0 Å². The maximum absolute atomic E-state index is 12.3. The van der Waals surface area contributed by atoms with Crippen molar-refractivity contribution in [2.45, 2.75) is 25.3 Å². The number of rotatable bonds is 4. The van der Waals surface area contributed by atoms with Crippen molar-refractivity contribution in [1.82, 2.24) is 15.2 Å². The lowest BCUT2D eigenvalue weighted by Gasteiger charge is -2.12. The number of aromatic nitrogens is 3. The van der Waals surface area contributed by atoms with Crippen LogP contribution in [0.5, 0.6) is 0 Å². The molecule has 1 heterocycles. The molecular weight excluding hydrogens is 278 g/mol. The first-order valence-corrected chi connectivity index (χ1v) is 7.39. The van der Waals surface area contributed by atoms with Gasteiger partial charge in [0.15, 0.2) is 0 Å². The number of anilines is 1. The monoisotopic (exact) mass is 293 g/mol. The Morgan fingerprint density at radius 1 is 1.20 bits per heavy atom. The van der Waals surface area contributed by atoms with E-state index in [0.717, 1.165) is 11.1 Å². The first-order chi connectivity index (χ1) is 9.44. The molecule has 7 nitrogen and oxygen atoms in total. The minimum absolute atomic E-state index is 0.0678. The van der Waals surface area contributed by atoms with Crippen LogP contribution in [0.3, 0.4) is 0 Å². The van der Waals surface area contributed by atoms with E-state index in [0.29, 0.717) is 5.56 Å². The Kier molecular flexibility index (Phi) is 3.96. The third kappa shape index (κ3) is 2.91. The minimum atomic E-state index is -3.76. The summed E-state index contributed by atoms with van der Waals surface area (Å²) < 4.78 is 27.0. The van der Waals surface area contributed by atoms with Crippen molar-refractivity contribution < 1.29 is 8.42 Å². The summed E-state index contributed by atoms with van der Waals surface area (Å²) in [6.45, 7) is 3.90. The van der Waals surface area contributed by atoms with Crippen LogP contribution in [0, 0.1) is 13.8 Å². The van der Waals surface area contributed by atoms with Gasteiger partial charge in [-0.3, -0.25) is 0 Å². The van der Waals surface area contributed by atoms with Gasteiger partial charge in [-0.2, -0.15) is 5.10 Å². The first-order valence-electron chi connectivity index (χ1n) is 5.91. The van der Waals surface area contributed by atoms with Crippen LogP contribution >= 0.6 is 0 Å². The largest absolute Gasteiger partial charge is 0.326 e. The molecule has 0 amide bonds. The molecule has 0 spiro atoms. The lowest BCUT2D eigenvalue weighted by atomic mass is 10.1. The maximum Gasteiger partial charge on any atom is 0.264 e. The van der Waals surface area contributed by atoms with E-state index in [1.807, 2.05) is 6.92 Å². The quantitative estimate of drug-likeness (QED) is 0.860. The van der Waals surface area contributed by atoms with Gasteiger partial charge >= 0.3 is 0 Å².